The molecule has 2 rings (SSSR count). The average molecular weight is 299 g/mol. The number of carbonyl (C=O) groups is 3. The van der Waals surface area contributed by atoms with Gasteiger partial charge < -0.3 is 25.4 Å². The van der Waals surface area contributed by atoms with Crippen LogP contribution in [0.25, 0.3) is 0 Å². The SMILES string of the molecule is COC(=O)NC1CCN(C(=O)NC2CCC(C(=O)O)C2)C1. The number of carboxylic acid groups (broad SMARTS) is 1. The molecule has 0 aromatic rings. The summed E-state index contributed by atoms with van der Waals surface area (Å²) in [5.41, 5.74) is 0. The van der Waals surface area contributed by atoms with E-state index in [9.17, 15) is 14.4 Å². The Bertz CT molecular complexity index is 428. The fraction of sp³-hybridized carbons (Fsp3) is 0.769. The van der Waals surface area contributed by atoms with E-state index in [0.717, 1.165) is 0 Å². The van der Waals surface area contributed by atoms with Crippen LogP contribution in [0.15, 0.2) is 0 Å². The van der Waals surface area contributed by atoms with Gasteiger partial charge >= 0.3 is 18.1 Å². The van der Waals surface area contributed by atoms with Crippen LogP contribution in [0.1, 0.15) is 25.7 Å². The maximum atomic E-state index is 12.1. The van der Waals surface area contributed by atoms with Crippen molar-refractivity contribution in [1.29, 1.82) is 0 Å². The number of nitrogens with zero attached hydrogens (tertiary/aromatic N) is 1. The molecule has 0 aromatic heterocycles. The maximum absolute atomic E-state index is 12.1. The summed E-state index contributed by atoms with van der Waals surface area (Å²) in [5.74, 6) is -1.15. The van der Waals surface area contributed by atoms with Crippen LogP contribution in [0.3, 0.4) is 0 Å². The quantitative estimate of drug-likeness (QED) is 0.698. The summed E-state index contributed by atoms with van der Waals surface area (Å²) in [6, 6.07) is -0.370. The zero-order chi connectivity index (χ0) is 15.4. The van der Waals surface area contributed by atoms with E-state index in [2.05, 4.69) is 15.4 Å². The first-order valence-electron chi connectivity index (χ1n) is 7.12. The molecule has 0 radical (unpaired) electrons. The number of rotatable bonds is 3. The number of ether oxygens (including phenoxy) is 1. The summed E-state index contributed by atoms with van der Waals surface area (Å²) in [4.78, 5) is 35.7. The smallest absolute Gasteiger partial charge is 0.407 e. The van der Waals surface area contributed by atoms with Gasteiger partial charge in [-0.3, -0.25) is 4.79 Å². The average Bonchev–Trinajstić information content (AvgIpc) is 3.07. The number of carbonyl (C=O) groups excluding carboxylic acids is 2. The number of carboxylic acids is 1. The third-order valence-electron chi connectivity index (χ3n) is 4.09. The van der Waals surface area contributed by atoms with Gasteiger partial charge in [0, 0.05) is 19.1 Å². The van der Waals surface area contributed by atoms with Gasteiger partial charge in [-0.05, 0) is 25.7 Å². The van der Waals surface area contributed by atoms with Crippen molar-refractivity contribution in [2.24, 2.45) is 5.92 Å². The van der Waals surface area contributed by atoms with Gasteiger partial charge in [0.2, 0.25) is 0 Å². The maximum Gasteiger partial charge on any atom is 0.407 e. The molecule has 8 nitrogen and oxygen atoms in total. The number of nitrogens with one attached hydrogen (secondary N) is 2. The van der Waals surface area contributed by atoms with Crippen molar-refractivity contribution in [3.8, 4) is 0 Å². The zero-order valence-electron chi connectivity index (χ0n) is 12.0. The number of hydrogen-bond donors (Lipinski definition) is 3. The van der Waals surface area contributed by atoms with Crippen LogP contribution in [0.5, 0.6) is 0 Å². The molecule has 1 saturated heterocycles. The number of hydrogen-bond acceptors (Lipinski definition) is 4. The molecule has 21 heavy (non-hydrogen) atoms. The summed E-state index contributed by atoms with van der Waals surface area (Å²) in [7, 11) is 1.30. The Labute approximate surface area is 122 Å². The van der Waals surface area contributed by atoms with Crippen molar-refractivity contribution in [3.05, 3.63) is 0 Å². The molecule has 8 heteroatoms. The molecule has 2 aliphatic rings. The number of alkyl carbamates (subject to hydrolysis) is 1. The second kappa shape index (κ2) is 6.64. The van der Waals surface area contributed by atoms with E-state index >= 15 is 0 Å². The van der Waals surface area contributed by atoms with E-state index in [4.69, 9.17) is 5.11 Å². The third-order valence-corrected chi connectivity index (χ3v) is 4.09. The lowest BCUT2D eigenvalue weighted by molar-refractivity contribution is -0.141. The Hall–Kier alpha value is -1.99. The fourth-order valence-electron chi connectivity index (χ4n) is 2.89. The van der Waals surface area contributed by atoms with Crippen LogP contribution < -0.4 is 10.6 Å². The Morgan fingerprint density at radius 1 is 1.14 bits per heavy atom. The number of aliphatic carboxylic acids is 1. The van der Waals surface area contributed by atoms with Crippen LogP contribution in [0.4, 0.5) is 9.59 Å². The van der Waals surface area contributed by atoms with Gasteiger partial charge in [-0.15, -0.1) is 0 Å². The molecule has 0 aromatic carbocycles. The first-order chi connectivity index (χ1) is 9.99. The van der Waals surface area contributed by atoms with Crippen LogP contribution in [-0.4, -0.2) is 60.4 Å². The van der Waals surface area contributed by atoms with Crippen molar-refractivity contribution in [2.45, 2.75) is 37.8 Å². The highest BCUT2D eigenvalue weighted by Crippen LogP contribution is 2.26. The number of amides is 3. The van der Waals surface area contributed by atoms with Gasteiger partial charge in [0.25, 0.3) is 0 Å². The summed E-state index contributed by atoms with van der Waals surface area (Å²) in [6.45, 7) is 1.01. The van der Waals surface area contributed by atoms with Crippen molar-refractivity contribution in [1.82, 2.24) is 15.5 Å². The highest BCUT2D eigenvalue weighted by atomic mass is 16.5. The van der Waals surface area contributed by atoms with E-state index in [1.165, 1.54) is 7.11 Å². The molecule has 2 fully saturated rings. The summed E-state index contributed by atoms with van der Waals surface area (Å²) < 4.78 is 4.52. The van der Waals surface area contributed by atoms with E-state index in [0.29, 0.717) is 38.8 Å². The lowest BCUT2D eigenvalue weighted by atomic mass is 10.1. The monoisotopic (exact) mass is 299 g/mol. The Balaban J connectivity index is 1.75. The van der Waals surface area contributed by atoms with Gasteiger partial charge in [-0.2, -0.15) is 0 Å². The number of urea groups is 1. The highest BCUT2D eigenvalue weighted by molar-refractivity contribution is 5.76. The highest BCUT2D eigenvalue weighted by Gasteiger charge is 2.33. The Morgan fingerprint density at radius 2 is 1.90 bits per heavy atom. The standard InChI is InChI=1S/C13H21N3O5/c1-21-13(20)15-10-4-5-16(7-10)12(19)14-9-3-2-8(6-9)11(17)18/h8-10H,2-7H2,1H3,(H,14,19)(H,15,20)(H,17,18). The van der Waals surface area contributed by atoms with E-state index in [1.807, 2.05) is 0 Å². The predicted molar refractivity (Wildman–Crippen MR) is 72.8 cm³/mol. The topological polar surface area (TPSA) is 108 Å². The Morgan fingerprint density at radius 3 is 2.52 bits per heavy atom. The second-order valence-electron chi connectivity index (χ2n) is 5.56. The molecule has 1 aliphatic heterocycles. The molecule has 3 amide bonds. The lowest BCUT2D eigenvalue weighted by Gasteiger charge is -2.20. The van der Waals surface area contributed by atoms with Crippen molar-refractivity contribution >= 4 is 18.1 Å². The minimum Gasteiger partial charge on any atom is -0.481 e. The number of likely N-dealkylation sites (tertiary alicyclic amines) is 1. The van der Waals surface area contributed by atoms with Crippen LogP contribution in [-0.2, 0) is 9.53 Å². The number of methoxy groups -OCH3 is 1. The molecule has 1 heterocycles. The largest absolute Gasteiger partial charge is 0.481 e. The third kappa shape index (κ3) is 3.99. The second-order valence-corrected chi connectivity index (χ2v) is 5.56. The van der Waals surface area contributed by atoms with Crippen molar-refractivity contribution in [3.63, 3.8) is 0 Å². The summed E-state index contributed by atoms with van der Waals surface area (Å²) in [6.07, 6.45) is 1.97. The fourth-order valence-corrected chi connectivity index (χ4v) is 2.89. The van der Waals surface area contributed by atoms with Gasteiger partial charge in [0.15, 0.2) is 0 Å². The molecule has 0 bridgehead atoms. The molecular weight excluding hydrogens is 278 g/mol. The Kier molecular flexibility index (Phi) is 4.87. The molecule has 3 unspecified atom stereocenters. The van der Waals surface area contributed by atoms with Gasteiger partial charge in [-0.1, -0.05) is 0 Å². The summed E-state index contributed by atoms with van der Waals surface area (Å²) >= 11 is 0. The molecule has 0 spiro atoms. The van der Waals surface area contributed by atoms with Crippen molar-refractivity contribution in [2.75, 3.05) is 20.2 Å². The van der Waals surface area contributed by atoms with E-state index in [1.54, 1.807) is 4.90 Å². The van der Waals surface area contributed by atoms with Crippen molar-refractivity contribution < 1.29 is 24.2 Å². The summed E-state index contributed by atoms with van der Waals surface area (Å²) in [5, 5.41) is 14.5. The normalized spacial score (nSPS) is 28.2. The van der Waals surface area contributed by atoms with Crippen LogP contribution in [0, 0.1) is 5.92 Å². The van der Waals surface area contributed by atoms with Crippen LogP contribution >= 0.6 is 0 Å². The van der Waals surface area contributed by atoms with Gasteiger partial charge in [-0.25, -0.2) is 9.59 Å². The lowest BCUT2D eigenvalue weighted by Crippen LogP contribution is -2.45. The van der Waals surface area contributed by atoms with Gasteiger partial charge in [0.1, 0.15) is 0 Å². The molecular formula is C13H21N3O5. The van der Waals surface area contributed by atoms with Crippen LogP contribution in [0.2, 0.25) is 0 Å². The van der Waals surface area contributed by atoms with E-state index < -0.39 is 12.1 Å². The molecule has 118 valence electrons. The molecule has 3 N–H and O–H groups in total. The molecule has 1 saturated carbocycles. The minimum absolute atomic E-state index is 0.0776. The molecule has 3 atom stereocenters. The minimum atomic E-state index is -0.796. The predicted octanol–water partition coefficient (Wildman–Crippen LogP) is 0.380. The van der Waals surface area contributed by atoms with Gasteiger partial charge in [0.05, 0.1) is 19.1 Å². The first kappa shape index (κ1) is 15.4. The first-order valence-corrected chi connectivity index (χ1v) is 7.12. The van der Waals surface area contributed by atoms with E-state index in [-0.39, 0.29) is 24.0 Å². The zero-order valence-corrected chi connectivity index (χ0v) is 12.0. The molecule has 1 aliphatic carbocycles.